The third kappa shape index (κ3) is 3.30. The van der Waals surface area contributed by atoms with Crippen molar-refractivity contribution in [3.8, 4) is 0 Å². The number of nitrogens with two attached hydrogens (primary N) is 1. The maximum Gasteiger partial charge on any atom is 0.246 e. The molecule has 1 heterocycles. The van der Waals surface area contributed by atoms with Gasteiger partial charge in [-0.05, 0) is 55.3 Å². The van der Waals surface area contributed by atoms with Crippen LogP contribution in [0.2, 0.25) is 5.02 Å². The Balaban J connectivity index is 2.27. The molecular formula is C20H20ClN3O. The van der Waals surface area contributed by atoms with E-state index in [-0.39, 0.29) is 5.91 Å². The van der Waals surface area contributed by atoms with E-state index in [1.807, 2.05) is 63.2 Å². The number of nitrogen functional groups attached to an aromatic ring is 1. The highest BCUT2D eigenvalue weighted by Crippen LogP contribution is 2.28. The summed E-state index contributed by atoms with van der Waals surface area (Å²) in [6.07, 6.45) is 2.33. The highest BCUT2D eigenvalue weighted by Gasteiger charge is 2.22. The molecule has 1 aliphatic rings. The Morgan fingerprint density at radius 3 is 2.64 bits per heavy atom. The third-order valence-electron chi connectivity index (χ3n) is 4.25. The first-order valence-corrected chi connectivity index (χ1v) is 8.54. The summed E-state index contributed by atoms with van der Waals surface area (Å²) in [5.41, 5.74) is 11.9. The molecule has 3 rings (SSSR count). The van der Waals surface area contributed by atoms with Gasteiger partial charge in [0, 0.05) is 34.0 Å². The highest BCUT2D eigenvalue weighted by atomic mass is 35.5. The van der Waals surface area contributed by atoms with Gasteiger partial charge in [-0.15, -0.1) is 0 Å². The van der Waals surface area contributed by atoms with E-state index in [1.54, 1.807) is 0 Å². The minimum Gasteiger partial charge on any atom is -0.399 e. The Bertz CT molecular complexity index is 915. The molecule has 2 aromatic carbocycles. The fourth-order valence-electron chi connectivity index (χ4n) is 2.82. The molecule has 0 unspecified atom stereocenters. The highest BCUT2D eigenvalue weighted by molar-refractivity contribution is 6.31. The fraction of sp³-hybridized carbons (Fsp3) is 0.200. The van der Waals surface area contributed by atoms with Crippen LogP contribution < -0.4 is 5.73 Å². The van der Waals surface area contributed by atoms with Gasteiger partial charge < -0.3 is 5.73 Å². The standard InChI is InChI=1S/C20H20ClN3O/c1-4-19(25)24-13(3)10-14-5-7-16(21)11-17(14)20(23-24)15-6-8-18(22)12(2)9-15/h5-11H,4,22H2,1-3H3. The number of nitrogens with zero attached hydrogens (tertiary/aromatic N) is 2. The quantitative estimate of drug-likeness (QED) is 0.802. The molecule has 0 atom stereocenters. The van der Waals surface area contributed by atoms with Crippen molar-refractivity contribution < 1.29 is 4.79 Å². The lowest BCUT2D eigenvalue weighted by molar-refractivity contribution is -0.128. The van der Waals surface area contributed by atoms with Crippen LogP contribution in [-0.4, -0.2) is 16.6 Å². The van der Waals surface area contributed by atoms with Gasteiger partial charge in [-0.3, -0.25) is 4.79 Å². The van der Waals surface area contributed by atoms with Crippen LogP contribution in [0.1, 0.15) is 42.5 Å². The number of rotatable bonds is 2. The van der Waals surface area contributed by atoms with Gasteiger partial charge in [-0.25, -0.2) is 5.01 Å². The molecule has 1 amide bonds. The van der Waals surface area contributed by atoms with E-state index in [2.05, 4.69) is 5.10 Å². The van der Waals surface area contributed by atoms with Gasteiger partial charge >= 0.3 is 0 Å². The molecule has 0 aromatic heterocycles. The summed E-state index contributed by atoms with van der Waals surface area (Å²) < 4.78 is 0. The average molecular weight is 354 g/mol. The van der Waals surface area contributed by atoms with E-state index in [4.69, 9.17) is 17.3 Å². The van der Waals surface area contributed by atoms with E-state index in [1.165, 1.54) is 5.01 Å². The molecule has 0 aliphatic carbocycles. The summed E-state index contributed by atoms with van der Waals surface area (Å²) in [6, 6.07) is 11.4. The second kappa shape index (κ2) is 6.73. The van der Waals surface area contributed by atoms with Crippen molar-refractivity contribution in [1.82, 2.24) is 5.01 Å². The number of anilines is 1. The van der Waals surface area contributed by atoms with Crippen LogP contribution in [-0.2, 0) is 4.79 Å². The van der Waals surface area contributed by atoms with Crippen LogP contribution in [0.3, 0.4) is 0 Å². The van der Waals surface area contributed by atoms with Crippen molar-refractivity contribution in [3.05, 3.63) is 69.4 Å². The Kier molecular flexibility index (Phi) is 4.64. The predicted molar refractivity (Wildman–Crippen MR) is 103 cm³/mol. The first-order valence-electron chi connectivity index (χ1n) is 8.17. The zero-order valence-electron chi connectivity index (χ0n) is 14.5. The molecule has 0 spiro atoms. The summed E-state index contributed by atoms with van der Waals surface area (Å²) in [5, 5.41) is 6.78. The number of carbonyl (C=O) groups is 1. The maximum absolute atomic E-state index is 12.4. The molecule has 0 bridgehead atoms. The number of hydrogen-bond donors (Lipinski definition) is 1. The second-order valence-electron chi connectivity index (χ2n) is 6.10. The van der Waals surface area contributed by atoms with Gasteiger partial charge in [0.05, 0.1) is 5.71 Å². The number of benzene rings is 2. The number of hydrazone groups is 1. The van der Waals surface area contributed by atoms with Crippen molar-refractivity contribution >= 4 is 35.0 Å². The molecule has 2 aromatic rings. The van der Waals surface area contributed by atoms with Gasteiger partial charge in [0.1, 0.15) is 0 Å². The van der Waals surface area contributed by atoms with Crippen molar-refractivity contribution in [1.29, 1.82) is 0 Å². The number of amides is 1. The Labute approximate surface area is 152 Å². The van der Waals surface area contributed by atoms with Crippen LogP contribution in [0.4, 0.5) is 5.69 Å². The summed E-state index contributed by atoms with van der Waals surface area (Å²) >= 11 is 6.23. The van der Waals surface area contributed by atoms with Gasteiger partial charge in [0.15, 0.2) is 0 Å². The number of aryl methyl sites for hydroxylation is 1. The van der Waals surface area contributed by atoms with Crippen LogP contribution >= 0.6 is 11.6 Å². The third-order valence-corrected chi connectivity index (χ3v) is 4.49. The first-order chi connectivity index (χ1) is 11.9. The van der Waals surface area contributed by atoms with Gasteiger partial charge in [-0.2, -0.15) is 5.10 Å². The topological polar surface area (TPSA) is 58.7 Å². The Morgan fingerprint density at radius 2 is 1.96 bits per heavy atom. The molecule has 2 N–H and O–H groups in total. The lowest BCUT2D eigenvalue weighted by Gasteiger charge is -2.17. The lowest BCUT2D eigenvalue weighted by atomic mass is 9.96. The van der Waals surface area contributed by atoms with Crippen LogP contribution in [0.15, 0.2) is 47.2 Å². The molecule has 1 aliphatic heterocycles. The Morgan fingerprint density at radius 1 is 1.20 bits per heavy atom. The molecule has 4 nitrogen and oxygen atoms in total. The molecule has 25 heavy (non-hydrogen) atoms. The van der Waals surface area contributed by atoms with Crippen molar-refractivity contribution in [2.45, 2.75) is 27.2 Å². The largest absolute Gasteiger partial charge is 0.399 e. The van der Waals surface area contributed by atoms with Crippen LogP contribution in [0, 0.1) is 6.92 Å². The molecule has 0 saturated carbocycles. The summed E-state index contributed by atoms with van der Waals surface area (Å²) in [7, 11) is 0. The molecule has 0 radical (unpaired) electrons. The summed E-state index contributed by atoms with van der Waals surface area (Å²) in [4.78, 5) is 12.4. The van der Waals surface area contributed by atoms with Crippen molar-refractivity contribution in [2.24, 2.45) is 5.10 Å². The second-order valence-corrected chi connectivity index (χ2v) is 6.53. The van der Waals surface area contributed by atoms with Crippen LogP contribution in [0.25, 0.3) is 6.08 Å². The van der Waals surface area contributed by atoms with E-state index in [9.17, 15) is 4.79 Å². The lowest BCUT2D eigenvalue weighted by Crippen LogP contribution is -2.24. The molecule has 5 heteroatoms. The van der Waals surface area contributed by atoms with Gasteiger partial charge in [0.2, 0.25) is 5.91 Å². The number of hydrogen-bond acceptors (Lipinski definition) is 3. The van der Waals surface area contributed by atoms with E-state index < -0.39 is 0 Å². The van der Waals surface area contributed by atoms with E-state index in [0.717, 1.165) is 33.6 Å². The van der Waals surface area contributed by atoms with Crippen LogP contribution in [0.5, 0.6) is 0 Å². The molecule has 128 valence electrons. The summed E-state index contributed by atoms with van der Waals surface area (Å²) in [6.45, 7) is 5.66. The normalized spacial score (nSPS) is 13.7. The average Bonchev–Trinajstić information content (AvgIpc) is 2.73. The minimum absolute atomic E-state index is 0.0580. The molecular weight excluding hydrogens is 334 g/mol. The smallest absolute Gasteiger partial charge is 0.246 e. The van der Waals surface area contributed by atoms with Crippen molar-refractivity contribution in [3.63, 3.8) is 0 Å². The molecule has 0 saturated heterocycles. The van der Waals surface area contributed by atoms with Gasteiger partial charge in [0.25, 0.3) is 0 Å². The number of fused-ring (bicyclic) bond motifs is 1. The first kappa shape index (κ1) is 17.2. The fourth-order valence-corrected chi connectivity index (χ4v) is 2.99. The number of allylic oxidation sites excluding steroid dienone is 1. The van der Waals surface area contributed by atoms with E-state index >= 15 is 0 Å². The molecule has 0 fully saturated rings. The van der Waals surface area contributed by atoms with E-state index in [0.29, 0.717) is 17.2 Å². The predicted octanol–water partition coefficient (Wildman–Crippen LogP) is 4.60. The van der Waals surface area contributed by atoms with Crippen molar-refractivity contribution in [2.75, 3.05) is 5.73 Å². The Hall–Kier alpha value is -2.59. The van der Waals surface area contributed by atoms with Gasteiger partial charge in [-0.1, -0.05) is 30.7 Å². The number of halogens is 1. The zero-order valence-corrected chi connectivity index (χ0v) is 15.3. The SMILES string of the molecule is CCC(=O)N1N=C(c2ccc(N)c(C)c2)c2cc(Cl)ccc2C=C1C. The summed E-state index contributed by atoms with van der Waals surface area (Å²) in [5.74, 6) is -0.0580. The minimum atomic E-state index is -0.0580. The maximum atomic E-state index is 12.4. The monoisotopic (exact) mass is 353 g/mol. The zero-order chi connectivity index (χ0) is 18.1. The number of carbonyl (C=O) groups excluding carboxylic acids is 1.